The molecule has 1 aromatic rings. The first-order valence-electron chi connectivity index (χ1n) is 6.52. The fourth-order valence-corrected chi connectivity index (χ4v) is 2.11. The van der Waals surface area contributed by atoms with Crippen LogP contribution in [0.5, 0.6) is 0 Å². The molecule has 0 aliphatic heterocycles. The van der Waals surface area contributed by atoms with Crippen molar-refractivity contribution in [1.29, 1.82) is 5.26 Å². The Morgan fingerprint density at radius 1 is 1.44 bits per heavy atom. The Labute approximate surface area is 108 Å². The lowest BCUT2D eigenvalue weighted by molar-refractivity contribution is 0.203. The fourth-order valence-electron chi connectivity index (χ4n) is 2.11. The molecule has 0 bridgehead atoms. The molecule has 1 aromatic carbocycles. The molecule has 2 nitrogen and oxygen atoms in total. The predicted octanol–water partition coefficient (Wildman–Crippen LogP) is 3.32. The molecule has 1 fully saturated rings. The summed E-state index contributed by atoms with van der Waals surface area (Å²) in [6, 6.07) is 6.97. The van der Waals surface area contributed by atoms with Gasteiger partial charge in [0.05, 0.1) is 11.6 Å². The molecule has 1 aliphatic carbocycles. The molecule has 0 heterocycles. The first-order chi connectivity index (χ1) is 8.60. The van der Waals surface area contributed by atoms with Crippen molar-refractivity contribution in [3.63, 3.8) is 0 Å². The summed E-state index contributed by atoms with van der Waals surface area (Å²) >= 11 is 0. The molecule has 2 rings (SSSR count). The molecule has 0 N–H and O–H groups in total. The van der Waals surface area contributed by atoms with Crippen LogP contribution in [-0.2, 0) is 6.54 Å². The number of benzene rings is 1. The van der Waals surface area contributed by atoms with E-state index in [4.69, 9.17) is 5.26 Å². The summed E-state index contributed by atoms with van der Waals surface area (Å²) in [5.74, 6) is 0.533. The fraction of sp³-hybridized carbons (Fsp3) is 0.533. The Hall–Kier alpha value is -1.40. The molecule has 0 spiro atoms. The molecule has 0 atom stereocenters. The van der Waals surface area contributed by atoms with E-state index in [9.17, 15) is 4.39 Å². The van der Waals surface area contributed by atoms with E-state index in [1.165, 1.54) is 25.0 Å². The maximum Gasteiger partial charge on any atom is 0.123 e. The summed E-state index contributed by atoms with van der Waals surface area (Å²) in [4.78, 5) is 2.33. The second kappa shape index (κ2) is 5.49. The number of hydrogen-bond acceptors (Lipinski definition) is 2. The first-order valence-corrected chi connectivity index (χ1v) is 6.52. The topological polar surface area (TPSA) is 27.0 Å². The third-order valence-electron chi connectivity index (χ3n) is 3.48. The van der Waals surface area contributed by atoms with Crippen LogP contribution in [0.1, 0.15) is 37.8 Å². The Morgan fingerprint density at radius 3 is 2.72 bits per heavy atom. The Kier molecular flexibility index (Phi) is 3.98. The third-order valence-corrected chi connectivity index (χ3v) is 3.48. The molecule has 0 unspecified atom stereocenters. The summed E-state index contributed by atoms with van der Waals surface area (Å²) in [6.45, 7) is 6.01. The van der Waals surface area contributed by atoms with E-state index < -0.39 is 0 Å². The van der Waals surface area contributed by atoms with Crippen LogP contribution < -0.4 is 0 Å². The third kappa shape index (κ3) is 3.30. The second-order valence-corrected chi connectivity index (χ2v) is 5.38. The number of rotatable bonds is 5. The zero-order valence-electron chi connectivity index (χ0n) is 11.0. The van der Waals surface area contributed by atoms with E-state index in [0.717, 1.165) is 18.0 Å². The smallest absolute Gasteiger partial charge is 0.123 e. The van der Waals surface area contributed by atoms with Gasteiger partial charge in [-0.1, -0.05) is 0 Å². The van der Waals surface area contributed by atoms with Crippen LogP contribution in [0.2, 0.25) is 0 Å². The summed E-state index contributed by atoms with van der Waals surface area (Å²) in [7, 11) is 0. The molecular weight excluding hydrogens is 227 g/mol. The molecule has 0 amide bonds. The van der Waals surface area contributed by atoms with E-state index in [0.29, 0.717) is 18.2 Å². The summed E-state index contributed by atoms with van der Waals surface area (Å²) in [5.41, 5.74) is 1.38. The van der Waals surface area contributed by atoms with Crippen LogP contribution in [0.3, 0.4) is 0 Å². The molecule has 3 heteroatoms. The van der Waals surface area contributed by atoms with Crippen LogP contribution in [0.15, 0.2) is 18.2 Å². The van der Waals surface area contributed by atoms with Gasteiger partial charge in [0.15, 0.2) is 0 Å². The predicted molar refractivity (Wildman–Crippen MR) is 69.4 cm³/mol. The highest BCUT2D eigenvalue weighted by atomic mass is 19.1. The van der Waals surface area contributed by atoms with Crippen molar-refractivity contribution in [3.8, 4) is 6.07 Å². The van der Waals surface area contributed by atoms with Crippen molar-refractivity contribution >= 4 is 0 Å². The van der Waals surface area contributed by atoms with Gasteiger partial charge in [-0.2, -0.15) is 5.26 Å². The van der Waals surface area contributed by atoms with Gasteiger partial charge in [0.25, 0.3) is 0 Å². The van der Waals surface area contributed by atoms with Crippen LogP contribution in [0, 0.1) is 23.1 Å². The number of hydrogen-bond donors (Lipinski definition) is 0. The number of nitrogens with zero attached hydrogens (tertiary/aromatic N) is 2. The average molecular weight is 246 g/mol. The van der Waals surface area contributed by atoms with E-state index >= 15 is 0 Å². The molecule has 1 aliphatic rings. The highest BCUT2D eigenvalue weighted by Crippen LogP contribution is 2.31. The minimum Gasteiger partial charge on any atom is -0.296 e. The highest BCUT2D eigenvalue weighted by molar-refractivity contribution is 5.37. The zero-order chi connectivity index (χ0) is 13.1. The van der Waals surface area contributed by atoms with Gasteiger partial charge in [0.1, 0.15) is 5.82 Å². The quantitative estimate of drug-likeness (QED) is 0.797. The van der Waals surface area contributed by atoms with Crippen molar-refractivity contribution in [2.75, 3.05) is 6.54 Å². The van der Waals surface area contributed by atoms with Gasteiger partial charge >= 0.3 is 0 Å². The second-order valence-electron chi connectivity index (χ2n) is 5.38. The van der Waals surface area contributed by atoms with Crippen LogP contribution in [0.25, 0.3) is 0 Å². The van der Waals surface area contributed by atoms with Crippen molar-refractivity contribution in [3.05, 3.63) is 35.1 Å². The summed E-state index contributed by atoms with van der Waals surface area (Å²) in [6.07, 6.45) is 2.61. The van der Waals surface area contributed by atoms with Crippen molar-refractivity contribution in [2.45, 2.75) is 39.3 Å². The lowest BCUT2D eigenvalue weighted by Crippen LogP contribution is -2.32. The van der Waals surface area contributed by atoms with Crippen molar-refractivity contribution < 1.29 is 4.39 Å². The number of halogens is 1. The Balaban J connectivity index is 2.14. The van der Waals surface area contributed by atoms with E-state index in [-0.39, 0.29) is 5.82 Å². The SMILES string of the molecule is CC(C)N(Cc1cc(F)ccc1C#N)CC1CC1. The van der Waals surface area contributed by atoms with Crippen molar-refractivity contribution in [2.24, 2.45) is 5.92 Å². The minimum atomic E-state index is -0.265. The molecule has 0 saturated heterocycles. The van der Waals surface area contributed by atoms with Gasteiger partial charge in [-0.25, -0.2) is 4.39 Å². The molecule has 1 saturated carbocycles. The van der Waals surface area contributed by atoms with Gasteiger partial charge < -0.3 is 0 Å². The summed E-state index contributed by atoms with van der Waals surface area (Å²) < 4.78 is 13.3. The van der Waals surface area contributed by atoms with Crippen molar-refractivity contribution in [1.82, 2.24) is 4.90 Å². The van der Waals surface area contributed by atoms with Gasteiger partial charge in [0, 0.05) is 19.1 Å². The molecular formula is C15H19FN2. The van der Waals surface area contributed by atoms with E-state index in [1.807, 2.05) is 0 Å². The minimum absolute atomic E-state index is 0.265. The Bertz CT molecular complexity index is 458. The van der Waals surface area contributed by atoms with E-state index in [2.05, 4.69) is 24.8 Å². The number of nitriles is 1. The monoisotopic (exact) mass is 246 g/mol. The lowest BCUT2D eigenvalue weighted by Gasteiger charge is -2.26. The average Bonchev–Trinajstić information content (AvgIpc) is 3.12. The maximum absolute atomic E-state index is 13.3. The molecule has 18 heavy (non-hydrogen) atoms. The van der Waals surface area contributed by atoms with E-state index in [1.54, 1.807) is 6.07 Å². The van der Waals surface area contributed by atoms with Gasteiger partial charge in [-0.05, 0) is 56.4 Å². The first kappa shape index (κ1) is 13.0. The van der Waals surface area contributed by atoms with Gasteiger partial charge in [-0.3, -0.25) is 4.90 Å². The van der Waals surface area contributed by atoms with Crippen LogP contribution >= 0.6 is 0 Å². The molecule has 96 valence electrons. The van der Waals surface area contributed by atoms with Crippen LogP contribution in [-0.4, -0.2) is 17.5 Å². The summed E-state index contributed by atoms with van der Waals surface area (Å²) in [5, 5.41) is 9.06. The zero-order valence-corrected chi connectivity index (χ0v) is 11.0. The molecule has 0 aromatic heterocycles. The standard InChI is InChI=1S/C15H19FN2/c1-11(2)18(9-12-3-4-12)10-14-7-15(16)6-5-13(14)8-17/h5-7,11-12H,3-4,9-10H2,1-2H3. The normalized spacial score (nSPS) is 15.1. The largest absolute Gasteiger partial charge is 0.296 e. The lowest BCUT2D eigenvalue weighted by atomic mass is 10.1. The maximum atomic E-state index is 13.3. The molecule has 0 radical (unpaired) electrons. The van der Waals surface area contributed by atoms with Crippen LogP contribution in [0.4, 0.5) is 4.39 Å². The van der Waals surface area contributed by atoms with Gasteiger partial charge in [0.2, 0.25) is 0 Å². The highest BCUT2D eigenvalue weighted by Gasteiger charge is 2.25. The Morgan fingerprint density at radius 2 is 2.17 bits per heavy atom. The van der Waals surface area contributed by atoms with Gasteiger partial charge in [-0.15, -0.1) is 0 Å².